The van der Waals surface area contributed by atoms with Gasteiger partial charge in [-0.2, -0.15) is 8.42 Å². The van der Waals surface area contributed by atoms with Crippen LogP contribution in [0.2, 0.25) is 0 Å². The Morgan fingerprint density at radius 2 is 2.09 bits per heavy atom. The van der Waals surface area contributed by atoms with Gasteiger partial charge in [0.1, 0.15) is 5.69 Å². The van der Waals surface area contributed by atoms with Gasteiger partial charge in [0.15, 0.2) is 0 Å². The number of likely N-dealkylation sites (tertiary alicyclic amines) is 1. The maximum absolute atomic E-state index is 12.0. The number of carboxylic acid groups (broad SMARTS) is 1. The Bertz CT molecular complexity index is 725. The van der Waals surface area contributed by atoms with E-state index in [0.717, 1.165) is 6.20 Å². The van der Waals surface area contributed by atoms with Gasteiger partial charge in [0, 0.05) is 25.2 Å². The number of aromatic carboxylic acids is 1. The van der Waals surface area contributed by atoms with E-state index in [1.807, 2.05) is 0 Å². The SMILES string of the molecule is CC(N)C(=O)N1CCCC(c2ccn(S(N)(=O)=O)c2C(=O)O)C1. The van der Waals surface area contributed by atoms with Crippen LogP contribution in [0.15, 0.2) is 12.3 Å². The summed E-state index contributed by atoms with van der Waals surface area (Å²) in [5, 5.41) is 14.4. The van der Waals surface area contributed by atoms with Crippen LogP contribution >= 0.6 is 0 Å². The largest absolute Gasteiger partial charge is 0.477 e. The van der Waals surface area contributed by atoms with Crippen molar-refractivity contribution in [3.05, 3.63) is 23.5 Å². The van der Waals surface area contributed by atoms with Crippen molar-refractivity contribution in [3.8, 4) is 0 Å². The van der Waals surface area contributed by atoms with Crippen molar-refractivity contribution in [3.63, 3.8) is 0 Å². The van der Waals surface area contributed by atoms with Crippen molar-refractivity contribution in [1.29, 1.82) is 0 Å². The summed E-state index contributed by atoms with van der Waals surface area (Å²) >= 11 is 0. The number of carboxylic acids is 1. The molecule has 2 rings (SSSR count). The lowest BCUT2D eigenvalue weighted by molar-refractivity contribution is -0.133. The molecule has 1 amide bonds. The number of nitrogens with zero attached hydrogens (tertiary/aromatic N) is 2. The molecule has 1 aliphatic heterocycles. The van der Waals surface area contributed by atoms with Gasteiger partial charge in [0.25, 0.3) is 0 Å². The van der Waals surface area contributed by atoms with E-state index in [2.05, 4.69) is 0 Å². The lowest BCUT2D eigenvalue weighted by atomic mass is 9.90. The summed E-state index contributed by atoms with van der Waals surface area (Å²) in [4.78, 5) is 25.1. The fourth-order valence-corrected chi connectivity index (χ4v) is 3.58. The van der Waals surface area contributed by atoms with Crippen LogP contribution in [0.25, 0.3) is 0 Å². The zero-order chi connectivity index (χ0) is 17.4. The molecule has 1 aromatic rings. The third-order valence-corrected chi connectivity index (χ3v) is 4.78. The number of hydrogen-bond acceptors (Lipinski definition) is 5. The van der Waals surface area contributed by atoms with Gasteiger partial charge >= 0.3 is 16.2 Å². The highest BCUT2D eigenvalue weighted by Crippen LogP contribution is 2.30. The smallest absolute Gasteiger partial charge is 0.353 e. The van der Waals surface area contributed by atoms with Gasteiger partial charge < -0.3 is 15.7 Å². The van der Waals surface area contributed by atoms with Crippen LogP contribution in [0.3, 0.4) is 0 Å². The summed E-state index contributed by atoms with van der Waals surface area (Å²) in [5.74, 6) is -1.87. The Labute approximate surface area is 134 Å². The molecule has 2 atom stereocenters. The molecule has 0 bridgehead atoms. The molecule has 1 aromatic heterocycles. The van der Waals surface area contributed by atoms with Crippen LogP contribution in [0.1, 0.15) is 41.7 Å². The molecule has 1 fully saturated rings. The lowest BCUT2D eigenvalue weighted by Gasteiger charge is -2.33. The Kier molecular flexibility index (Phi) is 4.78. The van der Waals surface area contributed by atoms with E-state index >= 15 is 0 Å². The van der Waals surface area contributed by atoms with Crippen molar-refractivity contribution in [1.82, 2.24) is 8.87 Å². The molecule has 1 saturated heterocycles. The second kappa shape index (κ2) is 6.30. The standard InChI is InChI=1S/C13H20N4O5S/c1-8(14)12(18)16-5-2-3-9(7-16)10-4-6-17(23(15,21)22)11(10)13(19)20/h4,6,8-9H,2-3,5,7,14H2,1H3,(H,19,20)(H2,15,21,22). The van der Waals surface area contributed by atoms with E-state index in [1.54, 1.807) is 11.8 Å². The zero-order valence-electron chi connectivity index (χ0n) is 12.7. The number of carbonyl (C=O) groups excluding carboxylic acids is 1. The number of amides is 1. The number of piperidine rings is 1. The van der Waals surface area contributed by atoms with Crippen molar-refractivity contribution in [2.24, 2.45) is 10.9 Å². The monoisotopic (exact) mass is 344 g/mol. The molecule has 0 aliphatic carbocycles. The van der Waals surface area contributed by atoms with Crippen LogP contribution in [-0.2, 0) is 15.0 Å². The highest BCUT2D eigenvalue weighted by molar-refractivity contribution is 7.87. The molecule has 5 N–H and O–H groups in total. The highest BCUT2D eigenvalue weighted by atomic mass is 32.2. The van der Waals surface area contributed by atoms with E-state index in [4.69, 9.17) is 10.9 Å². The second-order valence-corrected chi connectivity index (χ2v) is 7.10. The fraction of sp³-hybridized carbons (Fsp3) is 0.538. The summed E-state index contributed by atoms with van der Waals surface area (Å²) in [6.45, 7) is 2.44. The average molecular weight is 344 g/mol. The second-order valence-electron chi connectivity index (χ2n) is 5.68. The first-order valence-corrected chi connectivity index (χ1v) is 8.65. The van der Waals surface area contributed by atoms with E-state index in [9.17, 15) is 23.1 Å². The van der Waals surface area contributed by atoms with Crippen molar-refractivity contribution in [2.75, 3.05) is 13.1 Å². The zero-order valence-corrected chi connectivity index (χ0v) is 13.5. The molecular weight excluding hydrogens is 324 g/mol. The molecule has 0 spiro atoms. The van der Waals surface area contributed by atoms with Crippen LogP contribution in [0.4, 0.5) is 0 Å². The van der Waals surface area contributed by atoms with Crippen molar-refractivity contribution in [2.45, 2.75) is 31.7 Å². The minimum Gasteiger partial charge on any atom is -0.477 e. The number of nitrogens with two attached hydrogens (primary N) is 2. The molecule has 9 nitrogen and oxygen atoms in total. The van der Waals surface area contributed by atoms with E-state index in [1.165, 1.54) is 6.07 Å². The normalized spacial score (nSPS) is 20.3. The van der Waals surface area contributed by atoms with Crippen molar-refractivity contribution >= 4 is 22.1 Å². The summed E-state index contributed by atoms with van der Waals surface area (Å²) in [6.07, 6.45) is 2.46. The summed E-state index contributed by atoms with van der Waals surface area (Å²) in [5.41, 5.74) is 5.58. The van der Waals surface area contributed by atoms with E-state index in [-0.39, 0.29) is 17.5 Å². The first kappa shape index (κ1) is 17.4. The number of carbonyl (C=O) groups is 2. The van der Waals surface area contributed by atoms with Gasteiger partial charge in [-0.1, -0.05) is 0 Å². The maximum Gasteiger partial charge on any atom is 0.353 e. The molecule has 0 saturated carbocycles. The summed E-state index contributed by atoms with van der Waals surface area (Å²) in [6, 6.07) is 0.792. The Hall–Kier alpha value is -1.91. The third-order valence-electron chi connectivity index (χ3n) is 3.92. The van der Waals surface area contributed by atoms with Gasteiger partial charge in [-0.25, -0.2) is 13.9 Å². The summed E-state index contributed by atoms with van der Waals surface area (Å²) < 4.78 is 23.6. The number of aromatic nitrogens is 1. The predicted molar refractivity (Wildman–Crippen MR) is 82.1 cm³/mol. The molecule has 2 heterocycles. The molecule has 1 aliphatic rings. The minimum absolute atomic E-state index is 0.211. The maximum atomic E-state index is 12.0. The van der Waals surface area contributed by atoms with Gasteiger partial charge in [0.05, 0.1) is 6.04 Å². The first-order valence-electron chi connectivity index (χ1n) is 7.15. The van der Waals surface area contributed by atoms with E-state index in [0.29, 0.717) is 35.5 Å². The van der Waals surface area contributed by atoms with Crippen LogP contribution < -0.4 is 10.9 Å². The molecule has 23 heavy (non-hydrogen) atoms. The van der Waals surface area contributed by atoms with Gasteiger partial charge in [-0.05, 0) is 31.4 Å². The minimum atomic E-state index is -4.20. The molecule has 10 heteroatoms. The molecule has 2 unspecified atom stereocenters. The topological polar surface area (TPSA) is 149 Å². The van der Waals surface area contributed by atoms with Crippen molar-refractivity contribution < 1.29 is 23.1 Å². The highest BCUT2D eigenvalue weighted by Gasteiger charge is 2.31. The van der Waals surface area contributed by atoms with Gasteiger partial charge in [0.2, 0.25) is 5.91 Å². The Balaban J connectivity index is 2.37. The Morgan fingerprint density at radius 3 is 2.61 bits per heavy atom. The molecule has 0 radical (unpaired) electrons. The van der Waals surface area contributed by atoms with Gasteiger partial charge in [-0.15, -0.1) is 0 Å². The van der Waals surface area contributed by atoms with E-state index < -0.39 is 22.2 Å². The fourth-order valence-electron chi connectivity index (χ4n) is 2.91. The molecular formula is C13H20N4O5S. The predicted octanol–water partition coefficient (Wildman–Crippen LogP) is -0.709. The third kappa shape index (κ3) is 3.54. The first-order chi connectivity index (χ1) is 10.6. The lowest BCUT2D eigenvalue weighted by Crippen LogP contribution is -2.46. The van der Waals surface area contributed by atoms with Crippen LogP contribution in [-0.4, -0.2) is 53.4 Å². The number of hydrogen-bond donors (Lipinski definition) is 3. The summed E-state index contributed by atoms with van der Waals surface area (Å²) in [7, 11) is -4.20. The van der Waals surface area contributed by atoms with Gasteiger partial charge in [-0.3, -0.25) is 4.79 Å². The quantitative estimate of drug-likeness (QED) is 0.657. The molecule has 0 aromatic carbocycles. The average Bonchev–Trinajstić information content (AvgIpc) is 2.91. The van der Waals surface area contributed by atoms with Crippen LogP contribution in [0.5, 0.6) is 0 Å². The molecule has 128 valence electrons. The number of rotatable bonds is 4. The van der Waals surface area contributed by atoms with Crippen LogP contribution in [0, 0.1) is 0 Å². The Morgan fingerprint density at radius 1 is 1.43 bits per heavy atom.